The SMILES string of the molecule is CC1=C(/C(=C\c2ccccc2)[N+](=O)[O-])OCO1. The standard InChI is InChI=1S/C12H11NO4/c1-9-12(17-8-16-9)11(13(14)15)7-10-5-3-2-4-6-10/h2-7H,8H2,1H3/b11-7+. The third-order valence-electron chi connectivity index (χ3n) is 2.33. The van der Waals surface area contributed by atoms with Gasteiger partial charge >= 0.3 is 5.70 Å². The average molecular weight is 233 g/mol. The first kappa shape index (κ1) is 11.2. The van der Waals surface area contributed by atoms with E-state index in [2.05, 4.69) is 0 Å². The fourth-order valence-electron chi connectivity index (χ4n) is 1.51. The molecule has 2 rings (SSSR count). The van der Waals surface area contributed by atoms with Crippen LogP contribution in [-0.4, -0.2) is 11.7 Å². The van der Waals surface area contributed by atoms with E-state index >= 15 is 0 Å². The molecule has 5 nitrogen and oxygen atoms in total. The van der Waals surface area contributed by atoms with Gasteiger partial charge in [0.25, 0.3) is 0 Å². The quantitative estimate of drug-likeness (QED) is 0.594. The minimum Gasteiger partial charge on any atom is -0.458 e. The second-order valence-corrected chi connectivity index (χ2v) is 3.49. The lowest BCUT2D eigenvalue weighted by Gasteiger charge is -1.99. The van der Waals surface area contributed by atoms with Crippen LogP contribution in [0.4, 0.5) is 0 Å². The fraction of sp³-hybridized carbons (Fsp3) is 0.167. The molecule has 88 valence electrons. The van der Waals surface area contributed by atoms with E-state index in [1.54, 1.807) is 19.1 Å². The zero-order valence-corrected chi connectivity index (χ0v) is 9.25. The van der Waals surface area contributed by atoms with Gasteiger partial charge in [-0.05, 0) is 12.5 Å². The van der Waals surface area contributed by atoms with Crippen molar-refractivity contribution in [3.05, 3.63) is 63.2 Å². The molecule has 0 saturated heterocycles. The van der Waals surface area contributed by atoms with Crippen LogP contribution >= 0.6 is 0 Å². The average Bonchev–Trinajstić information content (AvgIpc) is 2.73. The summed E-state index contributed by atoms with van der Waals surface area (Å²) in [5, 5.41) is 11.0. The third kappa shape index (κ3) is 2.44. The Morgan fingerprint density at radius 2 is 2.06 bits per heavy atom. The molecule has 0 atom stereocenters. The summed E-state index contributed by atoms with van der Waals surface area (Å²) >= 11 is 0. The highest BCUT2D eigenvalue weighted by Gasteiger charge is 2.27. The van der Waals surface area contributed by atoms with E-state index in [1.807, 2.05) is 18.2 Å². The van der Waals surface area contributed by atoms with Gasteiger partial charge in [-0.3, -0.25) is 10.1 Å². The number of rotatable bonds is 3. The minimum atomic E-state index is -0.472. The number of ether oxygens (including phenoxy) is 2. The summed E-state index contributed by atoms with van der Waals surface area (Å²) in [5.41, 5.74) is 0.654. The maximum absolute atomic E-state index is 11.0. The molecule has 1 aromatic carbocycles. The summed E-state index contributed by atoms with van der Waals surface area (Å²) in [7, 11) is 0. The summed E-state index contributed by atoms with van der Waals surface area (Å²) in [6, 6.07) is 9.06. The highest BCUT2D eigenvalue weighted by molar-refractivity contribution is 5.55. The van der Waals surface area contributed by atoms with E-state index in [-0.39, 0.29) is 18.2 Å². The zero-order valence-electron chi connectivity index (χ0n) is 9.25. The van der Waals surface area contributed by atoms with Crippen LogP contribution in [-0.2, 0) is 9.47 Å². The third-order valence-corrected chi connectivity index (χ3v) is 2.33. The number of benzene rings is 1. The van der Waals surface area contributed by atoms with Gasteiger partial charge in [-0.1, -0.05) is 30.3 Å². The zero-order chi connectivity index (χ0) is 12.3. The maximum atomic E-state index is 11.0. The first-order valence-corrected chi connectivity index (χ1v) is 5.06. The molecular formula is C12H11NO4. The topological polar surface area (TPSA) is 61.6 Å². The minimum absolute atomic E-state index is 0.0289. The molecule has 0 unspecified atom stereocenters. The van der Waals surface area contributed by atoms with E-state index in [9.17, 15) is 10.1 Å². The van der Waals surface area contributed by atoms with E-state index in [1.165, 1.54) is 6.08 Å². The Hall–Kier alpha value is -2.30. The van der Waals surface area contributed by atoms with Gasteiger partial charge in [-0.15, -0.1) is 0 Å². The monoisotopic (exact) mass is 233 g/mol. The first-order valence-electron chi connectivity index (χ1n) is 5.06. The van der Waals surface area contributed by atoms with E-state index in [0.29, 0.717) is 5.76 Å². The Kier molecular flexibility index (Phi) is 3.09. The summed E-state index contributed by atoms with van der Waals surface area (Å²) in [5.74, 6) is 0.628. The Morgan fingerprint density at radius 3 is 2.59 bits per heavy atom. The molecule has 0 saturated carbocycles. The number of allylic oxidation sites excluding steroid dienone is 1. The molecule has 0 amide bonds. The lowest BCUT2D eigenvalue weighted by atomic mass is 10.2. The van der Waals surface area contributed by atoms with Gasteiger partial charge in [-0.25, -0.2) is 0 Å². The van der Waals surface area contributed by atoms with Crippen molar-refractivity contribution in [3.63, 3.8) is 0 Å². The molecule has 1 aliphatic rings. The van der Waals surface area contributed by atoms with Crippen molar-refractivity contribution in [2.24, 2.45) is 0 Å². The lowest BCUT2D eigenvalue weighted by molar-refractivity contribution is -0.422. The normalized spacial score (nSPS) is 15.5. The summed E-state index contributed by atoms with van der Waals surface area (Å²) in [4.78, 5) is 10.5. The van der Waals surface area contributed by atoms with Crippen molar-refractivity contribution in [2.45, 2.75) is 6.92 Å². The summed E-state index contributed by atoms with van der Waals surface area (Å²) < 4.78 is 10.2. The molecule has 0 radical (unpaired) electrons. The van der Waals surface area contributed by atoms with Gasteiger partial charge in [0.05, 0.1) is 4.92 Å². The van der Waals surface area contributed by atoms with Crippen LogP contribution in [0.3, 0.4) is 0 Å². The van der Waals surface area contributed by atoms with Gasteiger partial charge in [0.1, 0.15) is 5.76 Å². The highest BCUT2D eigenvalue weighted by Crippen LogP contribution is 2.25. The van der Waals surface area contributed by atoms with Gasteiger partial charge < -0.3 is 9.47 Å². The van der Waals surface area contributed by atoms with Crippen LogP contribution in [0.15, 0.2) is 47.5 Å². The second kappa shape index (κ2) is 4.69. The second-order valence-electron chi connectivity index (χ2n) is 3.49. The molecule has 17 heavy (non-hydrogen) atoms. The Bertz CT molecular complexity index is 490. The largest absolute Gasteiger partial charge is 0.458 e. The molecule has 0 N–H and O–H groups in total. The molecule has 1 heterocycles. The van der Waals surface area contributed by atoms with Gasteiger partial charge in [0.2, 0.25) is 12.6 Å². The van der Waals surface area contributed by atoms with Gasteiger partial charge in [0, 0.05) is 6.08 Å². The van der Waals surface area contributed by atoms with Crippen molar-refractivity contribution in [1.29, 1.82) is 0 Å². The fourth-order valence-corrected chi connectivity index (χ4v) is 1.51. The molecule has 1 aliphatic heterocycles. The molecule has 1 aromatic rings. The Balaban J connectivity index is 2.40. The van der Waals surface area contributed by atoms with E-state index in [4.69, 9.17) is 9.47 Å². The number of hydrogen-bond acceptors (Lipinski definition) is 4. The Labute approximate surface area is 98.1 Å². The van der Waals surface area contributed by atoms with Crippen LogP contribution in [0.25, 0.3) is 6.08 Å². The molecule has 0 aliphatic carbocycles. The van der Waals surface area contributed by atoms with Crippen molar-refractivity contribution >= 4 is 6.08 Å². The number of hydrogen-bond donors (Lipinski definition) is 0. The van der Waals surface area contributed by atoms with Crippen molar-refractivity contribution in [2.75, 3.05) is 6.79 Å². The van der Waals surface area contributed by atoms with Gasteiger partial charge in [0.15, 0.2) is 0 Å². The summed E-state index contributed by atoms with van der Waals surface area (Å²) in [6.45, 7) is 1.67. The van der Waals surface area contributed by atoms with Gasteiger partial charge in [-0.2, -0.15) is 0 Å². The van der Waals surface area contributed by atoms with Crippen molar-refractivity contribution in [1.82, 2.24) is 0 Å². The molecule has 5 heteroatoms. The predicted octanol–water partition coefficient (Wildman–Crippen LogP) is 2.54. The predicted molar refractivity (Wildman–Crippen MR) is 61.2 cm³/mol. The first-order chi connectivity index (χ1) is 8.18. The molecule has 0 fully saturated rings. The molecular weight excluding hydrogens is 222 g/mol. The Morgan fingerprint density at radius 1 is 1.35 bits per heavy atom. The van der Waals surface area contributed by atoms with Crippen LogP contribution in [0.1, 0.15) is 12.5 Å². The van der Waals surface area contributed by atoms with E-state index < -0.39 is 4.92 Å². The highest BCUT2D eigenvalue weighted by atomic mass is 16.7. The van der Waals surface area contributed by atoms with E-state index in [0.717, 1.165) is 5.56 Å². The van der Waals surface area contributed by atoms with Crippen molar-refractivity contribution in [3.8, 4) is 0 Å². The van der Waals surface area contributed by atoms with Crippen LogP contribution in [0.5, 0.6) is 0 Å². The van der Waals surface area contributed by atoms with Crippen LogP contribution in [0.2, 0.25) is 0 Å². The molecule has 0 aromatic heterocycles. The summed E-state index contributed by atoms with van der Waals surface area (Å²) in [6.07, 6.45) is 1.47. The van der Waals surface area contributed by atoms with Crippen LogP contribution < -0.4 is 0 Å². The lowest BCUT2D eigenvalue weighted by Crippen LogP contribution is -2.03. The molecule has 0 spiro atoms. The van der Waals surface area contributed by atoms with Crippen LogP contribution in [0, 0.1) is 10.1 Å². The number of nitrogens with zero attached hydrogens (tertiary/aromatic N) is 1. The smallest absolute Gasteiger partial charge is 0.315 e. The maximum Gasteiger partial charge on any atom is 0.315 e. The molecule has 0 bridgehead atoms. The van der Waals surface area contributed by atoms with Crippen molar-refractivity contribution < 1.29 is 14.4 Å². The number of nitro groups is 1.